The van der Waals surface area contributed by atoms with Crippen LogP contribution in [0.4, 0.5) is 17.1 Å². The second-order valence-electron chi connectivity index (χ2n) is 4.22. The first kappa shape index (κ1) is 14.3. The molecule has 1 fully saturated rings. The average Bonchev–Trinajstić information content (AvgIpc) is 2.45. The Balaban J connectivity index is 2.02. The fourth-order valence-electron chi connectivity index (χ4n) is 1.85. The summed E-state index contributed by atoms with van der Waals surface area (Å²) in [6.07, 6.45) is 0. The Morgan fingerprint density at radius 1 is 1.37 bits per heavy atom. The van der Waals surface area contributed by atoms with Crippen molar-refractivity contribution in [3.8, 4) is 0 Å². The number of benzene rings is 1. The highest BCUT2D eigenvalue weighted by Gasteiger charge is 2.15. The molecular weight excluding hydrogens is 282 g/mol. The Hall–Kier alpha value is -1.08. The van der Waals surface area contributed by atoms with Gasteiger partial charge in [-0.15, -0.1) is 0 Å². The minimum absolute atomic E-state index is 0.111. The third-order valence-electron chi connectivity index (χ3n) is 2.84. The van der Waals surface area contributed by atoms with Crippen molar-refractivity contribution in [3.63, 3.8) is 0 Å². The molecule has 1 aromatic carbocycles. The molecule has 1 saturated heterocycles. The number of hydrogen-bond acceptors (Lipinski definition) is 6. The van der Waals surface area contributed by atoms with Crippen LogP contribution in [-0.4, -0.2) is 41.0 Å². The van der Waals surface area contributed by atoms with Crippen molar-refractivity contribution in [2.24, 2.45) is 0 Å². The summed E-state index contributed by atoms with van der Waals surface area (Å²) in [4.78, 5) is 10.5. The van der Waals surface area contributed by atoms with Crippen LogP contribution in [-0.2, 0) is 0 Å². The van der Waals surface area contributed by atoms with Gasteiger partial charge < -0.3 is 10.6 Å². The van der Waals surface area contributed by atoms with E-state index in [9.17, 15) is 10.1 Å². The van der Waals surface area contributed by atoms with Gasteiger partial charge in [-0.2, -0.15) is 23.5 Å². The van der Waals surface area contributed by atoms with E-state index in [0.717, 1.165) is 23.7 Å². The van der Waals surface area contributed by atoms with Crippen molar-refractivity contribution in [3.05, 3.63) is 28.3 Å². The predicted molar refractivity (Wildman–Crippen MR) is 84.7 cm³/mol. The molecule has 0 aromatic heterocycles. The Kier molecular flexibility index (Phi) is 5.21. The number of nitro groups is 1. The van der Waals surface area contributed by atoms with Gasteiger partial charge in [0.2, 0.25) is 0 Å². The first-order valence-electron chi connectivity index (χ1n) is 6.09. The highest BCUT2D eigenvalue weighted by Crippen LogP contribution is 2.27. The minimum Gasteiger partial charge on any atom is -0.388 e. The van der Waals surface area contributed by atoms with Crippen LogP contribution in [0.3, 0.4) is 0 Å². The van der Waals surface area contributed by atoms with E-state index in [-0.39, 0.29) is 10.6 Å². The smallest absolute Gasteiger partial charge is 0.273 e. The van der Waals surface area contributed by atoms with E-state index >= 15 is 0 Å². The van der Waals surface area contributed by atoms with Crippen LogP contribution in [0.25, 0.3) is 0 Å². The molecule has 0 saturated carbocycles. The summed E-state index contributed by atoms with van der Waals surface area (Å²) in [5.74, 6) is 3.56. The zero-order valence-electron chi connectivity index (χ0n) is 10.7. The summed E-state index contributed by atoms with van der Waals surface area (Å²) in [6.45, 7) is 0.849. The number of rotatable bonds is 5. The van der Waals surface area contributed by atoms with E-state index < -0.39 is 0 Å². The Labute approximate surface area is 121 Å². The van der Waals surface area contributed by atoms with Crippen molar-refractivity contribution in [1.82, 2.24) is 0 Å². The standard InChI is InChI=1S/C12H17N3O2S2/c1-13-9-4-10(6-11(5-9)15(16)17)14-7-12-8-18-2-3-19-12/h4-6,12-14H,2-3,7-8H2,1H3. The van der Waals surface area contributed by atoms with Crippen molar-refractivity contribution in [1.29, 1.82) is 0 Å². The van der Waals surface area contributed by atoms with Crippen LogP contribution in [0.5, 0.6) is 0 Å². The molecule has 0 spiro atoms. The lowest BCUT2D eigenvalue weighted by atomic mass is 10.2. The SMILES string of the molecule is CNc1cc(NCC2CSCCS2)cc([N+](=O)[O-])c1. The summed E-state index contributed by atoms with van der Waals surface area (Å²) in [6, 6.07) is 5.02. The molecule has 7 heteroatoms. The molecule has 0 amide bonds. The van der Waals surface area contributed by atoms with E-state index in [2.05, 4.69) is 10.6 Å². The van der Waals surface area contributed by atoms with Crippen molar-refractivity contribution < 1.29 is 4.92 Å². The average molecular weight is 299 g/mol. The molecule has 1 atom stereocenters. The second-order valence-corrected chi connectivity index (χ2v) is 6.78. The molecule has 19 heavy (non-hydrogen) atoms. The molecule has 5 nitrogen and oxygen atoms in total. The lowest BCUT2D eigenvalue weighted by Gasteiger charge is -2.21. The van der Waals surface area contributed by atoms with E-state index in [1.807, 2.05) is 29.6 Å². The molecule has 1 heterocycles. The normalized spacial score (nSPS) is 18.9. The van der Waals surface area contributed by atoms with Gasteiger partial charge in [-0.25, -0.2) is 0 Å². The zero-order chi connectivity index (χ0) is 13.7. The van der Waals surface area contributed by atoms with Gasteiger partial charge in [0.1, 0.15) is 0 Å². The quantitative estimate of drug-likeness (QED) is 0.644. The molecule has 1 aliphatic rings. The maximum Gasteiger partial charge on any atom is 0.273 e. The maximum atomic E-state index is 10.9. The van der Waals surface area contributed by atoms with Gasteiger partial charge in [-0.3, -0.25) is 10.1 Å². The van der Waals surface area contributed by atoms with Crippen LogP contribution >= 0.6 is 23.5 Å². The predicted octanol–water partition coefficient (Wildman–Crippen LogP) is 2.90. The number of thioether (sulfide) groups is 2. The van der Waals surface area contributed by atoms with Gasteiger partial charge in [0, 0.05) is 59.6 Å². The van der Waals surface area contributed by atoms with Gasteiger partial charge in [0.25, 0.3) is 5.69 Å². The highest BCUT2D eigenvalue weighted by molar-refractivity contribution is 8.06. The van der Waals surface area contributed by atoms with Crippen molar-refractivity contribution >= 4 is 40.6 Å². The molecule has 0 bridgehead atoms. The fraction of sp³-hybridized carbons (Fsp3) is 0.500. The summed E-state index contributed by atoms with van der Waals surface area (Å²) < 4.78 is 0. The second kappa shape index (κ2) is 6.91. The number of hydrogen-bond donors (Lipinski definition) is 2. The summed E-state index contributed by atoms with van der Waals surface area (Å²) in [5, 5.41) is 17.7. The lowest BCUT2D eigenvalue weighted by Crippen LogP contribution is -2.23. The maximum absolute atomic E-state index is 10.9. The molecule has 0 radical (unpaired) electrons. The third-order valence-corrected chi connectivity index (χ3v) is 5.68. The van der Waals surface area contributed by atoms with Gasteiger partial charge in [-0.1, -0.05) is 0 Å². The Morgan fingerprint density at radius 3 is 2.79 bits per heavy atom. The van der Waals surface area contributed by atoms with Crippen molar-refractivity contribution in [2.45, 2.75) is 5.25 Å². The number of nitro benzene ring substituents is 1. The fourth-order valence-corrected chi connectivity index (χ4v) is 4.46. The van der Waals surface area contributed by atoms with Crippen LogP contribution in [0.15, 0.2) is 18.2 Å². The van der Waals surface area contributed by atoms with Gasteiger partial charge in [0.15, 0.2) is 0 Å². The molecule has 0 aliphatic carbocycles. The van der Waals surface area contributed by atoms with E-state index in [4.69, 9.17) is 0 Å². The van der Waals surface area contributed by atoms with Crippen LogP contribution < -0.4 is 10.6 Å². The van der Waals surface area contributed by atoms with E-state index in [1.165, 1.54) is 17.6 Å². The topological polar surface area (TPSA) is 67.2 Å². The van der Waals surface area contributed by atoms with Gasteiger partial charge >= 0.3 is 0 Å². The number of non-ortho nitro benzene ring substituents is 1. The van der Waals surface area contributed by atoms with E-state index in [1.54, 1.807) is 13.1 Å². The van der Waals surface area contributed by atoms with Crippen LogP contribution in [0.1, 0.15) is 0 Å². The largest absolute Gasteiger partial charge is 0.388 e. The molecule has 1 unspecified atom stereocenters. The Morgan fingerprint density at radius 2 is 2.16 bits per heavy atom. The highest BCUT2D eigenvalue weighted by atomic mass is 32.2. The molecule has 1 aliphatic heterocycles. The van der Waals surface area contributed by atoms with Gasteiger partial charge in [0.05, 0.1) is 4.92 Å². The number of anilines is 2. The van der Waals surface area contributed by atoms with Crippen molar-refractivity contribution in [2.75, 3.05) is 41.5 Å². The summed E-state index contributed by atoms with van der Waals surface area (Å²) in [5.41, 5.74) is 1.66. The lowest BCUT2D eigenvalue weighted by molar-refractivity contribution is -0.384. The zero-order valence-corrected chi connectivity index (χ0v) is 12.4. The molecular formula is C12H17N3O2S2. The molecule has 2 N–H and O–H groups in total. The number of nitrogens with zero attached hydrogens (tertiary/aromatic N) is 1. The Bertz CT molecular complexity index is 451. The molecule has 2 rings (SSSR count). The summed E-state index contributed by atoms with van der Waals surface area (Å²) >= 11 is 3.94. The van der Waals surface area contributed by atoms with E-state index in [0.29, 0.717) is 5.25 Å². The summed E-state index contributed by atoms with van der Waals surface area (Å²) in [7, 11) is 1.76. The van der Waals surface area contributed by atoms with Gasteiger partial charge in [-0.05, 0) is 6.07 Å². The third kappa shape index (κ3) is 4.21. The monoisotopic (exact) mass is 299 g/mol. The van der Waals surface area contributed by atoms with Crippen LogP contribution in [0, 0.1) is 10.1 Å². The van der Waals surface area contributed by atoms with Crippen LogP contribution in [0.2, 0.25) is 0 Å². The number of nitrogens with one attached hydrogen (secondary N) is 2. The first-order chi connectivity index (χ1) is 9.19. The first-order valence-corrected chi connectivity index (χ1v) is 8.30. The molecule has 1 aromatic rings. The minimum atomic E-state index is -0.364. The molecule has 104 valence electrons.